The zero-order valence-corrected chi connectivity index (χ0v) is 11.2. The Bertz CT molecular complexity index is 508. The summed E-state index contributed by atoms with van der Waals surface area (Å²) in [4.78, 5) is 0. The lowest BCUT2D eigenvalue weighted by atomic mass is 10.2. The van der Waals surface area contributed by atoms with Gasteiger partial charge in [-0.2, -0.15) is 0 Å². The van der Waals surface area contributed by atoms with Gasteiger partial charge in [-0.3, -0.25) is 0 Å². The molecule has 1 aromatic heterocycles. The first kappa shape index (κ1) is 13.5. The molecule has 4 nitrogen and oxygen atoms in total. The minimum atomic E-state index is 0.608. The summed E-state index contributed by atoms with van der Waals surface area (Å²) in [5, 5.41) is 0. The smallest absolute Gasteiger partial charge is 0.161 e. The van der Waals surface area contributed by atoms with Crippen LogP contribution in [0.3, 0.4) is 0 Å². The lowest BCUT2D eigenvalue weighted by molar-refractivity contribution is 0.280. The molecule has 4 heteroatoms. The average molecular weight is 260 g/mol. The normalized spacial score (nSPS) is 10.4. The van der Waals surface area contributed by atoms with E-state index in [0.29, 0.717) is 13.2 Å². The molecule has 102 valence electrons. The maximum atomic E-state index is 5.73. The van der Waals surface area contributed by atoms with E-state index < -0.39 is 0 Å². The van der Waals surface area contributed by atoms with E-state index in [4.69, 9.17) is 15.2 Å². The van der Waals surface area contributed by atoms with Gasteiger partial charge in [0.2, 0.25) is 0 Å². The predicted molar refractivity (Wildman–Crippen MR) is 75.7 cm³/mol. The van der Waals surface area contributed by atoms with Crippen molar-refractivity contribution in [2.45, 2.75) is 13.0 Å². The number of aromatic nitrogens is 1. The van der Waals surface area contributed by atoms with Crippen LogP contribution in [0.2, 0.25) is 0 Å². The van der Waals surface area contributed by atoms with E-state index in [1.165, 1.54) is 5.56 Å². The van der Waals surface area contributed by atoms with Gasteiger partial charge >= 0.3 is 0 Å². The van der Waals surface area contributed by atoms with E-state index in [1.54, 1.807) is 7.11 Å². The number of benzene rings is 1. The first-order chi connectivity index (χ1) is 9.33. The number of para-hydroxylation sites is 2. The second kappa shape index (κ2) is 6.85. The van der Waals surface area contributed by atoms with E-state index >= 15 is 0 Å². The van der Waals surface area contributed by atoms with Gasteiger partial charge in [0, 0.05) is 12.4 Å². The van der Waals surface area contributed by atoms with Gasteiger partial charge in [-0.15, -0.1) is 0 Å². The third kappa shape index (κ3) is 3.76. The van der Waals surface area contributed by atoms with Crippen molar-refractivity contribution in [2.75, 3.05) is 20.3 Å². The van der Waals surface area contributed by atoms with Crippen LogP contribution in [-0.2, 0) is 13.0 Å². The van der Waals surface area contributed by atoms with Gasteiger partial charge in [-0.05, 0) is 36.7 Å². The molecular formula is C15H20N2O2. The Morgan fingerprint density at radius 2 is 1.95 bits per heavy atom. The Morgan fingerprint density at radius 1 is 1.16 bits per heavy atom. The second-order valence-electron chi connectivity index (χ2n) is 4.30. The Hall–Kier alpha value is -1.94. The van der Waals surface area contributed by atoms with E-state index in [-0.39, 0.29) is 0 Å². The van der Waals surface area contributed by atoms with E-state index in [9.17, 15) is 0 Å². The standard InChI is InChI=1S/C15H20N2O2/c1-18-14-4-2-3-5-15(14)19-11-10-17-9-7-13(12-17)6-8-16/h2-5,7,9,12H,6,8,10-11,16H2,1H3. The van der Waals surface area contributed by atoms with Crippen LogP contribution in [0.4, 0.5) is 0 Å². The number of hydrogen-bond acceptors (Lipinski definition) is 3. The lowest BCUT2D eigenvalue weighted by Crippen LogP contribution is -2.07. The number of rotatable bonds is 7. The minimum Gasteiger partial charge on any atom is -0.493 e. The molecule has 1 heterocycles. The summed E-state index contributed by atoms with van der Waals surface area (Å²) in [6.07, 6.45) is 5.08. The highest BCUT2D eigenvalue weighted by Gasteiger charge is 2.02. The van der Waals surface area contributed by atoms with Crippen LogP contribution in [0.15, 0.2) is 42.7 Å². The molecule has 0 radical (unpaired) electrons. The summed E-state index contributed by atoms with van der Waals surface area (Å²) in [5.41, 5.74) is 6.79. The molecule has 1 aromatic carbocycles. The van der Waals surface area contributed by atoms with Gasteiger partial charge in [-0.1, -0.05) is 12.1 Å². The van der Waals surface area contributed by atoms with E-state index in [2.05, 4.69) is 23.0 Å². The monoisotopic (exact) mass is 260 g/mol. The summed E-state index contributed by atoms with van der Waals surface area (Å²) in [7, 11) is 1.65. The number of ether oxygens (including phenoxy) is 2. The summed E-state index contributed by atoms with van der Waals surface area (Å²) < 4.78 is 13.1. The van der Waals surface area contributed by atoms with Crippen molar-refractivity contribution in [3.05, 3.63) is 48.3 Å². The van der Waals surface area contributed by atoms with Crippen molar-refractivity contribution in [3.8, 4) is 11.5 Å². The summed E-state index contributed by atoms with van der Waals surface area (Å²) in [6.45, 7) is 2.10. The molecule has 0 amide bonds. The van der Waals surface area contributed by atoms with Gasteiger partial charge in [0.15, 0.2) is 11.5 Å². The molecule has 0 saturated heterocycles. The predicted octanol–water partition coefficient (Wildman–Crippen LogP) is 2.08. The van der Waals surface area contributed by atoms with Gasteiger partial charge in [-0.25, -0.2) is 0 Å². The maximum absolute atomic E-state index is 5.73. The molecular weight excluding hydrogens is 240 g/mol. The van der Waals surface area contributed by atoms with Crippen molar-refractivity contribution < 1.29 is 9.47 Å². The van der Waals surface area contributed by atoms with Crippen molar-refractivity contribution in [1.82, 2.24) is 4.57 Å². The Morgan fingerprint density at radius 3 is 2.68 bits per heavy atom. The molecule has 2 N–H and O–H groups in total. The SMILES string of the molecule is COc1ccccc1OCCn1ccc(CCN)c1. The van der Waals surface area contributed by atoms with Crippen molar-refractivity contribution in [1.29, 1.82) is 0 Å². The topological polar surface area (TPSA) is 49.4 Å². The summed E-state index contributed by atoms with van der Waals surface area (Å²) in [5.74, 6) is 1.54. The molecule has 0 aliphatic heterocycles. The fourth-order valence-electron chi connectivity index (χ4n) is 1.94. The first-order valence-corrected chi connectivity index (χ1v) is 6.44. The average Bonchev–Trinajstić information content (AvgIpc) is 2.87. The first-order valence-electron chi connectivity index (χ1n) is 6.44. The van der Waals surface area contributed by atoms with Gasteiger partial charge < -0.3 is 19.8 Å². The molecule has 0 spiro atoms. The number of nitrogens with two attached hydrogens (primary N) is 1. The zero-order valence-electron chi connectivity index (χ0n) is 11.2. The molecule has 0 unspecified atom stereocenters. The van der Waals surface area contributed by atoms with Gasteiger partial charge in [0.1, 0.15) is 6.61 Å². The fraction of sp³-hybridized carbons (Fsp3) is 0.333. The fourth-order valence-corrected chi connectivity index (χ4v) is 1.94. The Kier molecular flexibility index (Phi) is 4.86. The maximum Gasteiger partial charge on any atom is 0.161 e. The number of nitrogens with zero attached hydrogens (tertiary/aromatic N) is 1. The Labute approximate surface area is 113 Å². The molecule has 0 atom stereocenters. The molecule has 0 fully saturated rings. The quantitative estimate of drug-likeness (QED) is 0.829. The molecule has 0 aliphatic rings. The van der Waals surface area contributed by atoms with Gasteiger partial charge in [0.05, 0.1) is 13.7 Å². The molecule has 19 heavy (non-hydrogen) atoms. The van der Waals surface area contributed by atoms with Crippen LogP contribution >= 0.6 is 0 Å². The minimum absolute atomic E-state index is 0.608. The third-order valence-corrected chi connectivity index (χ3v) is 2.92. The highest BCUT2D eigenvalue weighted by Crippen LogP contribution is 2.25. The van der Waals surface area contributed by atoms with Crippen LogP contribution in [0.5, 0.6) is 11.5 Å². The molecule has 0 aliphatic carbocycles. The van der Waals surface area contributed by atoms with E-state index in [1.807, 2.05) is 24.3 Å². The zero-order chi connectivity index (χ0) is 13.5. The molecule has 0 saturated carbocycles. The van der Waals surface area contributed by atoms with Crippen molar-refractivity contribution >= 4 is 0 Å². The van der Waals surface area contributed by atoms with Crippen molar-refractivity contribution in [2.24, 2.45) is 5.73 Å². The Balaban J connectivity index is 1.85. The van der Waals surface area contributed by atoms with Crippen LogP contribution in [0, 0.1) is 0 Å². The second-order valence-corrected chi connectivity index (χ2v) is 4.30. The van der Waals surface area contributed by atoms with Crippen molar-refractivity contribution in [3.63, 3.8) is 0 Å². The van der Waals surface area contributed by atoms with Crippen LogP contribution < -0.4 is 15.2 Å². The largest absolute Gasteiger partial charge is 0.493 e. The van der Waals surface area contributed by atoms with Crippen LogP contribution in [0.25, 0.3) is 0 Å². The lowest BCUT2D eigenvalue weighted by Gasteiger charge is -2.10. The summed E-state index contributed by atoms with van der Waals surface area (Å²) in [6, 6.07) is 9.76. The molecule has 2 rings (SSSR count). The van der Waals surface area contributed by atoms with E-state index in [0.717, 1.165) is 24.5 Å². The van der Waals surface area contributed by atoms with Crippen LogP contribution in [-0.4, -0.2) is 24.8 Å². The molecule has 0 bridgehead atoms. The summed E-state index contributed by atoms with van der Waals surface area (Å²) >= 11 is 0. The highest BCUT2D eigenvalue weighted by atomic mass is 16.5. The van der Waals surface area contributed by atoms with Gasteiger partial charge in [0.25, 0.3) is 0 Å². The third-order valence-electron chi connectivity index (χ3n) is 2.92. The highest BCUT2D eigenvalue weighted by molar-refractivity contribution is 5.39. The number of hydrogen-bond donors (Lipinski definition) is 1. The molecule has 2 aromatic rings. The number of methoxy groups -OCH3 is 1. The van der Waals surface area contributed by atoms with Crippen LogP contribution in [0.1, 0.15) is 5.56 Å².